The Morgan fingerprint density at radius 2 is 2.56 bits per heavy atom. The van der Waals surface area contributed by atoms with Gasteiger partial charge >= 0.3 is 5.97 Å². The Bertz CT molecular complexity index is 427. The van der Waals surface area contributed by atoms with Crippen molar-refractivity contribution >= 4 is 17.7 Å². The van der Waals surface area contributed by atoms with Crippen LogP contribution in [0, 0.1) is 6.92 Å². The van der Waals surface area contributed by atoms with E-state index in [1.54, 1.807) is 0 Å². The average molecular weight is 270 g/mol. The summed E-state index contributed by atoms with van der Waals surface area (Å²) in [4.78, 5) is 15.0. The van der Waals surface area contributed by atoms with Gasteiger partial charge in [-0.1, -0.05) is 11.8 Å². The highest BCUT2D eigenvalue weighted by Gasteiger charge is 2.25. The van der Waals surface area contributed by atoms with E-state index < -0.39 is 5.97 Å². The number of ether oxygens (including phenoxy) is 1. The summed E-state index contributed by atoms with van der Waals surface area (Å²) in [6.07, 6.45) is 4.33. The molecule has 2 rings (SSSR count). The van der Waals surface area contributed by atoms with Gasteiger partial charge in [-0.25, -0.2) is 4.98 Å². The predicted molar refractivity (Wildman–Crippen MR) is 69.0 cm³/mol. The fourth-order valence-corrected chi connectivity index (χ4v) is 3.01. The van der Waals surface area contributed by atoms with Gasteiger partial charge in [-0.3, -0.25) is 4.79 Å². The van der Waals surface area contributed by atoms with E-state index in [4.69, 9.17) is 9.84 Å². The van der Waals surface area contributed by atoms with Gasteiger partial charge in [0.1, 0.15) is 0 Å². The van der Waals surface area contributed by atoms with Crippen molar-refractivity contribution in [2.45, 2.75) is 44.0 Å². The molecule has 0 amide bonds. The number of hydrogen-bond donors (Lipinski definition) is 1. The molecule has 0 saturated carbocycles. The predicted octanol–water partition coefficient (Wildman–Crippen LogP) is 2.11. The van der Waals surface area contributed by atoms with Gasteiger partial charge in [0, 0.05) is 12.8 Å². The van der Waals surface area contributed by atoms with E-state index in [2.05, 4.69) is 11.9 Å². The molecule has 18 heavy (non-hydrogen) atoms. The Kier molecular flexibility index (Phi) is 4.29. The SMILES string of the molecule is Cc1cn(C(C)C2CCCO2)c(SCC(=O)O)n1. The minimum absolute atomic E-state index is 0.0364. The Balaban J connectivity index is 2.12. The fourth-order valence-electron chi connectivity index (χ4n) is 2.18. The standard InChI is InChI=1S/C12H18N2O3S/c1-8-6-14(9(2)10-4-3-5-17-10)12(13-8)18-7-11(15)16/h6,9-10H,3-5,7H2,1-2H3,(H,15,16). The van der Waals surface area contributed by atoms with Crippen LogP contribution in [0.25, 0.3) is 0 Å². The normalized spacial score (nSPS) is 21.1. The Morgan fingerprint density at radius 3 is 3.17 bits per heavy atom. The molecule has 0 aromatic carbocycles. The van der Waals surface area contributed by atoms with Gasteiger partial charge < -0.3 is 14.4 Å². The van der Waals surface area contributed by atoms with Crippen LogP contribution in [-0.4, -0.2) is 39.1 Å². The second-order valence-electron chi connectivity index (χ2n) is 4.55. The highest BCUT2D eigenvalue weighted by atomic mass is 32.2. The molecule has 0 radical (unpaired) electrons. The quantitative estimate of drug-likeness (QED) is 0.830. The summed E-state index contributed by atoms with van der Waals surface area (Å²) in [5.74, 6) is -0.786. The lowest BCUT2D eigenvalue weighted by Crippen LogP contribution is -2.21. The summed E-state index contributed by atoms with van der Waals surface area (Å²) in [5, 5.41) is 9.50. The fraction of sp³-hybridized carbons (Fsp3) is 0.667. The molecule has 0 aliphatic carbocycles. The van der Waals surface area contributed by atoms with Gasteiger partial charge in [0.15, 0.2) is 5.16 Å². The van der Waals surface area contributed by atoms with E-state index in [0.717, 1.165) is 30.3 Å². The van der Waals surface area contributed by atoms with E-state index in [1.165, 1.54) is 11.8 Å². The van der Waals surface area contributed by atoms with Crippen LogP contribution in [0.2, 0.25) is 0 Å². The van der Waals surface area contributed by atoms with Crippen molar-refractivity contribution in [3.8, 4) is 0 Å². The molecule has 0 bridgehead atoms. The zero-order valence-electron chi connectivity index (χ0n) is 10.6. The van der Waals surface area contributed by atoms with Crippen molar-refractivity contribution in [3.05, 3.63) is 11.9 Å². The van der Waals surface area contributed by atoms with Crippen LogP contribution in [0.4, 0.5) is 0 Å². The van der Waals surface area contributed by atoms with E-state index >= 15 is 0 Å². The number of hydrogen-bond acceptors (Lipinski definition) is 4. The summed E-state index contributed by atoms with van der Waals surface area (Å²) in [5.41, 5.74) is 0.910. The van der Waals surface area contributed by atoms with Crippen molar-refractivity contribution in [2.24, 2.45) is 0 Å². The van der Waals surface area contributed by atoms with Gasteiger partial charge in [-0.2, -0.15) is 0 Å². The van der Waals surface area contributed by atoms with Crippen LogP contribution < -0.4 is 0 Å². The molecular formula is C12H18N2O3S. The largest absolute Gasteiger partial charge is 0.481 e. The van der Waals surface area contributed by atoms with Crippen LogP contribution in [0.5, 0.6) is 0 Å². The maximum absolute atomic E-state index is 10.6. The number of carboxylic acids is 1. The molecule has 2 heterocycles. The molecule has 2 unspecified atom stereocenters. The minimum Gasteiger partial charge on any atom is -0.481 e. The average Bonchev–Trinajstić information content (AvgIpc) is 2.94. The number of thioether (sulfide) groups is 1. The zero-order chi connectivity index (χ0) is 13.1. The van der Waals surface area contributed by atoms with E-state index in [9.17, 15) is 4.79 Å². The second kappa shape index (κ2) is 5.75. The summed E-state index contributed by atoms with van der Waals surface area (Å²) < 4.78 is 7.73. The Hall–Kier alpha value is -1.01. The van der Waals surface area contributed by atoms with Gasteiger partial charge in [0.25, 0.3) is 0 Å². The minimum atomic E-state index is -0.822. The highest BCUT2D eigenvalue weighted by molar-refractivity contribution is 7.99. The third-order valence-electron chi connectivity index (χ3n) is 3.09. The smallest absolute Gasteiger partial charge is 0.313 e. The van der Waals surface area contributed by atoms with Crippen molar-refractivity contribution in [1.29, 1.82) is 0 Å². The molecule has 1 fully saturated rings. The van der Waals surface area contributed by atoms with Crippen LogP contribution in [0.3, 0.4) is 0 Å². The zero-order valence-corrected chi connectivity index (χ0v) is 11.4. The molecular weight excluding hydrogens is 252 g/mol. The van der Waals surface area contributed by atoms with E-state index in [-0.39, 0.29) is 17.9 Å². The molecule has 5 nitrogen and oxygen atoms in total. The summed E-state index contributed by atoms with van der Waals surface area (Å²) in [6.45, 7) is 4.84. The van der Waals surface area contributed by atoms with Crippen molar-refractivity contribution in [1.82, 2.24) is 9.55 Å². The third kappa shape index (κ3) is 3.05. The number of aliphatic carboxylic acids is 1. The Labute approximate surface area is 111 Å². The Morgan fingerprint density at radius 1 is 1.78 bits per heavy atom. The number of aryl methyl sites for hydroxylation is 1. The lowest BCUT2D eigenvalue weighted by Gasteiger charge is -2.21. The van der Waals surface area contributed by atoms with Crippen LogP contribution in [0.15, 0.2) is 11.4 Å². The number of carbonyl (C=O) groups is 1. The number of carboxylic acid groups (broad SMARTS) is 1. The first-order chi connectivity index (χ1) is 8.58. The van der Waals surface area contributed by atoms with Crippen molar-refractivity contribution in [3.63, 3.8) is 0 Å². The van der Waals surface area contributed by atoms with Gasteiger partial charge in [0.2, 0.25) is 0 Å². The number of rotatable bonds is 5. The molecule has 1 aliphatic rings. The van der Waals surface area contributed by atoms with Crippen molar-refractivity contribution in [2.75, 3.05) is 12.4 Å². The number of imidazole rings is 1. The lowest BCUT2D eigenvalue weighted by molar-refractivity contribution is -0.133. The van der Waals surface area contributed by atoms with E-state index in [0.29, 0.717) is 0 Å². The summed E-state index contributed by atoms with van der Waals surface area (Å²) in [6, 6.07) is 0.199. The van der Waals surface area contributed by atoms with Crippen LogP contribution >= 0.6 is 11.8 Å². The molecule has 100 valence electrons. The first kappa shape index (κ1) is 13.4. The monoisotopic (exact) mass is 270 g/mol. The first-order valence-electron chi connectivity index (χ1n) is 6.09. The molecule has 1 N–H and O–H groups in total. The van der Waals surface area contributed by atoms with Crippen LogP contribution in [0.1, 0.15) is 31.5 Å². The maximum Gasteiger partial charge on any atom is 0.313 e. The first-order valence-corrected chi connectivity index (χ1v) is 7.08. The molecule has 1 aliphatic heterocycles. The van der Waals surface area contributed by atoms with Crippen molar-refractivity contribution < 1.29 is 14.6 Å². The molecule has 0 spiro atoms. The number of aromatic nitrogens is 2. The highest BCUT2D eigenvalue weighted by Crippen LogP contribution is 2.28. The van der Waals surface area contributed by atoms with E-state index in [1.807, 2.05) is 17.7 Å². The second-order valence-corrected chi connectivity index (χ2v) is 5.49. The third-order valence-corrected chi connectivity index (χ3v) is 4.04. The number of nitrogens with zero attached hydrogens (tertiary/aromatic N) is 2. The maximum atomic E-state index is 10.6. The molecule has 1 aromatic heterocycles. The van der Waals surface area contributed by atoms with Gasteiger partial charge in [0.05, 0.1) is 23.6 Å². The summed E-state index contributed by atoms with van der Waals surface area (Å²) in [7, 11) is 0. The topological polar surface area (TPSA) is 64.3 Å². The molecule has 2 atom stereocenters. The lowest BCUT2D eigenvalue weighted by atomic mass is 10.1. The molecule has 1 saturated heterocycles. The summed E-state index contributed by atoms with van der Waals surface area (Å²) >= 11 is 1.26. The van der Waals surface area contributed by atoms with Gasteiger partial charge in [-0.05, 0) is 26.7 Å². The van der Waals surface area contributed by atoms with Crippen LogP contribution in [-0.2, 0) is 9.53 Å². The van der Waals surface area contributed by atoms with Gasteiger partial charge in [-0.15, -0.1) is 0 Å². The molecule has 1 aromatic rings. The molecule has 6 heteroatoms.